The number of nitrogens with zero attached hydrogens (tertiary/aromatic N) is 2. The summed E-state index contributed by atoms with van der Waals surface area (Å²) in [5, 5.41) is 9.01. The summed E-state index contributed by atoms with van der Waals surface area (Å²) in [5.74, 6) is 0.607. The quantitative estimate of drug-likeness (QED) is 0.708. The average Bonchev–Trinajstić information content (AvgIpc) is 2.27. The van der Waals surface area contributed by atoms with Crippen LogP contribution in [-0.2, 0) is 13.0 Å². The highest BCUT2D eigenvalue weighted by Crippen LogP contribution is 2.23. The summed E-state index contributed by atoms with van der Waals surface area (Å²) >= 11 is 0. The molecule has 4 nitrogen and oxygen atoms in total. The van der Waals surface area contributed by atoms with Crippen molar-refractivity contribution in [2.24, 2.45) is 4.99 Å². The van der Waals surface area contributed by atoms with Crippen LogP contribution in [0.1, 0.15) is 28.0 Å². The summed E-state index contributed by atoms with van der Waals surface area (Å²) in [6.45, 7) is -0.155. The number of carbonyl (C=O) groups is 1. The van der Waals surface area contributed by atoms with Gasteiger partial charge in [0.25, 0.3) is 0 Å². The zero-order chi connectivity index (χ0) is 9.97. The summed E-state index contributed by atoms with van der Waals surface area (Å²) < 4.78 is 0. The monoisotopic (exact) mass is 190 g/mol. The van der Waals surface area contributed by atoms with Crippen molar-refractivity contribution in [3.63, 3.8) is 0 Å². The SMILES string of the molecule is O=Cc1nc2c(cc1CO)CCC=N2. The van der Waals surface area contributed by atoms with Crippen LogP contribution in [0.2, 0.25) is 0 Å². The minimum atomic E-state index is -0.155. The Labute approximate surface area is 81.3 Å². The summed E-state index contributed by atoms with van der Waals surface area (Å²) in [7, 11) is 0. The molecule has 0 atom stereocenters. The zero-order valence-corrected chi connectivity index (χ0v) is 7.60. The highest BCUT2D eigenvalue weighted by Gasteiger charge is 2.11. The number of aliphatic hydroxyl groups excluding tert-OH is 1. The maximum absolute atomic E-state index is 10.6. The van der Waals surface area contributed by atoms with Gasteiger partial charge in [-0.15, -0.1) is 0 Å². The van der Waals surface area contributed by atoms with E-state index in [-0.39, 0.29) is 12.3 Å². The maximum Gasteiger partial charge on any atom is 0.168 e. The van der Waals surface area contributed by atoms with Gasteiger partial charge in [-0.05, 0) is 24.5 Å². The smallest absolute Gasteiger partial charge is 0.168 e. The van der Waals surface area contributed by atoms with Crippen LogP contribution in [0.15, 0.2) is 11.1 Å². The van der Waals surface area contributed by atoms with Crippen molar-refractivity contribution in [1.82, 2.24) is 4.98 Å². The van der Waals surface area contributed by atoms with E-state index in [1.54, 1.807) is 6.21 Å². The molecule has 0 fully saturated rings. The second-order valence-corrected chi connectivity index (χ2v) is 3.14. The Kier molecular flexibility index (Phi) is 2.37. The number of fused-ring (bicyclic) bond motifs is 1. The number of aliphatic imine (C=N–C) groups is 1. The number of pyridine rings is 1. The van der Waals surface area contributed by atoms with Crippen molar-refractivity contribution in [2.75, 3.05) is 0 Å². The van der Waals surface area contributed by atoms with Gasteiger partial charge in [0.15, 0.2) is 12.1 Å². The molecular weight excluding hydrogens is 180 g/mol. The molecule has 1 aliphatic heterocycles. The first-order chi connectivity index (χ1) is 6.85. The van der Waals surface area contributed by atoms with E-state index in [1.165, 1.54) is 0 Å². The molecule has 0 spiro atoms. The van der Waals surface area contributed by atoms with E-state index in [9.17, 15) is 4.79 Å². The molecule has 0 radical (unpaired) electrons. The van der Waals surface area contributed by atoms with E-state index >= 15 is 0 Å². The zero-order valence-electron chi connectivity index (χ0n) is 7.60. The Bertz CT molecular complexity index is 399. The topological polar surface area (TPSA) is 62.5 Å². The molecular formula is C10H10N2O2. The molecule has 2 heterocycles. The lowest BCUT2D eigenvalue weighted by Gasteiger charge is -2.11. The molecule has 0 aromatic carbocycles. The number of hydrogen-bond donors (Lipinski definition) is 1. The predicted octanol–water partition coefficient (Wildman–Crippen LogP) is 1.03. The first kappa shape index (κ1) is 9.02. The first-order valence-corrected chi connectivity index (χ1v) is 4.46. The molecule has 1 N–H and O–H groups in total. The Hall–Kier alpha value is -1.55. The number of aldehydes is 1. The standard InChI is InChI=1S/C10H10N2O2/c13-5-8-4-7-2-1-3-11-10(7)12-9(8)6-14/h3-4,6,13H,1-2,5H2. The fourth-order valence-electron chi connectivity index (χ4n) is 1.50. The van der Waals surface area contributed by atoms with Crippen molar-refractivity contribution < 1.29 is 9.90 Å². The molecule has 1 aromatic heterocycles. The molecule has 0 unspecified atom stereocenters. The molecule has 1 aliphatic rings. The van der Waals surface area contributed by atoms with E-state index in [4.69, 9.17) is 5.11 Å². The van der Waals surface area contributed by atoms with Crippen LogP contribution in [-0.4, -0.2) is 22.6 Å². The van der Waals surface area contributed by atoms with Crippen LogP contribution in [0, 0.1) is 0 Å². The molecule has 0 amide bonds. The number of aryl methyl sites for hydroxylation is 1. The minimum Gasteiger partial charge on any atom is -0.392 e. The van der Waals surface area contributed by atoms with Gasteiger partial charge in [-0.25, -0.2) is 9.98 Å². The molecule has 4 heteroatoms. The Balaban J connectivity index is 2.56. The number of aliphatic hydroxyl groups is 1. The summed E-state index contributed by atoms with van der Waals surface area (Å²) in [4.78, 5) is 18.8. The number of rotatable bonds is 2. The second kappa shape index (κ2) is 3.67. The molecule has 0 bridgehead atoms. The third kappa shape index (κ3) is 1.44. The molecule has 0 aliphatic carbocycles. The lowest BCUT2D eigenvalue weighted by Crippen LogP contribution is -2.03. The van der Waals surface area contributed by atoms with Crippen molar-refractivity contribution in [1.29, 1.82) is 0 Å². The van der Waals surface area contributed by atoms with Gasteiger partial charge in [-0.3, -0.25) is 4.79 Å². The van der Waals surface area contributed by atoms with E-state index in [0.29, 0.717) is 17.7 Å². The maximum atomic E-state index is 10.6. The molecule has 0 saturated carbocycles. The summed E-state index contributed by atoms with van der Waals surface area (Å²) in [6, 6.07) is 1.81. The molecule has 1 aromatic rings. The lowest BCUT2D eigenvalue weighted by atomic mass is 10.1. The van der Waals surface area contributed by atoms with Crippen LogP contribution >= 0.6 is 0 Å². The van der Waals surface area contributed by atoms with Gasteiger partial charge in [-0.2, -0.15) is 0 Å². The number of aromatic nitrogens is 1. The van der Waals surface area contributed by atoms with E-state index in [2.05, 4.69) is 9.98 Å². The normalized spacial score (nSPS) is 13.8. The fourth-order valence-corrected chi connectivity index (χ4v) is 1.50. The van der Waals surface area contributed by atoms with E-state index in [1.807, 2.05) is 6.07 Å². The van der Waals surface area contributed by atoms with Gasteiger partial charge in [-0.1, -0.05) is 0 Å². The highest BCUT2D eigenvalue weighted by atomic mass is 16.3. The number of hydrogen-bond acceptors (Lipinski definition) is 4. The Morgan fingerprint density at radius 1 is 1.57 bits per heavy atom. The van der Waals surface area contributed by atoms with Crippen LogP contribution in [0.5, 0.6) is 0 Å². The summed E-state index contributed by atoms with van der Waals surface area (Å²) in [6.07, 6.45) is 4.20. The van der Waals surface area contributed by atoms with Gasteiger partial charge < -0.3 is 5.11 Å². The minimum absolute atomic E-state index is 0.155. The predicted molar refractivity (Wildman–Crippen MR) is 52.0 cm³/mol. The summed E-state index contributed by atoms with van der Waals surface area (Å²) in [5.41, 5.74) is 1.86. The Morgan fingerprint density at radius 3 is 3.14 bits per heavy atom. The van der Waals surface area contributed by atoms with Crippen molar-refractivity contribution >= 4 is 18.3 Å². The van der Waals surface area contributed by atoms with Gasteiger partial charge >= 0.3 is 0 Å². The van der Waals surface area contributed by atoms with Gasteiger partial charge in [0.05, 0.1) is 6.61 Å². The largest absolute Gasteiger partial charge is 0.392 e. The highest BCUT2D eigenvalue weighted by molar-refractivity contribution is 5.77. The fraction of sp³-hybridized carbons (Fsp3) is 0.300. The van der Waals surface area contributed by atoms with Crippen LogP contribution < -0.4 is 0 Å². The second-order valence-electron chi connectivity index (χ2n) is 3.14. The molecule has 14 heavy (non-hydrogen) atoms. The number of carbonyl (C=O) groups excluding carboxylic acids is 1. The van der Waals surface area contributed by atoms with Crippen molar-refractivity contribution in [2.45, 2.75) is 19.4 Å². The van der Waals surface area contributed by atoms with Crippen molar-refractivity contribution in [3.8, 4) is 0 Å². The van der Waals surface area contributed by atoms with Crippen LogP contribution in [0.4, 0.5) is 5.82 Å². The Morgan fingerprint density at radius 2 is 2.43 bits per heavy atom. The van der Waals surface area contributed by atoms with Crippen LogP contribution in [0.3, 0.4) is 0 Å². The van der Waals surface area contributed by atoms with Gasteiger partial charge in [0.1, 0.15) is 5.69 Å². The third-order valence-corrected chi connectivity index (χ3v) is 2.23. The molecule has 0 saturated heterocycles. The van der Waals surface area contributed by atoms with Gasteiger partial charge in [0.2, 0.25) is 0 Å². The molecule has 2 rings (SSSR count). The lowest BCUT2D eigenvalue weighted by molar-refractivity contribution is 0.111. The first-order valence-electron chi connectivity index (χ1n) is 4.46. The average molecular weight is 190 g/mol. The van der Waals surface area contributed by atoms with Crippen LogP contribution in [0.25, 0.3) is 0 Å². The third-order valence-electron chi connectivity index (χ3n) is 2.23. The van der Waals surface area contributed by atoms with Crippen molar-refractivity contribution in [3.05, 3.63) is 22.9 Å². The van der Waals surface area contributed by atoms with E-state index in [0.717, 1.165) is 18.4 Å². The van der Waals surface area contributed by atoms with Gasteiger partial charge in [0, 0.05) is 11.8 Å². The van der Waals surface area contributed by atoms with E-state index < -0.39 is 0 Å². The molecule has 72 valence electrons.